The molecule has 2 amide bonds. The molecule has 3 N–H and O–H groups in total. The van der Waals surface area contributed by atoms with E-state index in [0.29, 0.717) is 97.7 Å². The highest BCUT2D eigenvalue weighted by Gasteiger charge is 2.32. The minimum Gasteiger partial charge on any atom is -0.491 e. The lowest BCUT2D eigenvalue weighted by molar-refractivity contribution is -0.117. The maximum absolute atomic E-state index is 14.8. The van der Waals surface area contributed by atoms with E-state index in [-0.39, 0.29) is 38.2 Å². The molecule has 0 saturated heterocycles. The number of aryl methyl sites for hydroxylation is 3. The number of carbonyl (C=O) groups excluding carboxylic acids is 2. The highest BCUT2D eigenvalue weighted by Crippen LogP contribution is 2.40. The van der Waals surface area contributed by atoms with Gasteiger partial charge in [-0.15, -0.1) is 21.5 Å². The number of rotatable bonds is 19. The third-order valence-electron chi connectivity index (χ3n) is 10.9. The van der Waals surface area contributed by atoms with Gasteiger partial charge in [0.15, 0.2) is 5.82 Å². The van der Waals surface area contributed by atoms with Crippen molar-refractivity contribution in [3.63, 3.8) is 0 Å². The van der Waals surface area contributed by atoms with Gasteiger partial charge in [0, 0.05) is 56.3 Å². The van der Waals surface area contributed by atoms with Gasteiger partial charge in [-0.3, -0.25) is 19.1 Å². The standard InChI is InChI=1S/C47H48ClFN8O6S.H2S/c1-27-21-41(51-26-37(27)36-22-32-23-42(58)53-39(32)24-38(36)49)50-13-14-60-15-16-61-17-18-62-19-20-63-35-11-9-34(10-12-35)52-43(59)25-40-46-56-55-30(4)57(46)47-44(28(2)29(3)64-47)45(54-40)31-5-7-33(48)8-6-31;/h5-12,21-22,24,26,40H,13-20,23,25H2,1-4H3,(H,50,51)(H,52,59)(H,53,58);1H2/t40-;/m0./s1. The van der Waals surface area contributed by atoms with Crippen LogP contribution in [0.5, 0.6) is 5.75 Å². The lowest BCUT2D eigenvalue weighted by atomic mass is 9.99. The SMILES string of the molecule is Cc1cc(NCCOCCOCCOCCOc2ccc(NC(=O)C[C@@H]3N=C(c4ccc(Cl)cc4)c4c(sc(C)c4C)-n4c(C)nnc43)cc2)ncc1-c1cc2c(cc1F)NC(=O)C2.S. The first kappa shape index (κ1) is 47.3. The zero-order valence-corrected chi connectivity index (χ0v) is 39.0. The van der Waals surface area contributed by atoms with Crippen molar-refractivity contribution >= 4 is 71.2 Å². The number of halogens is 2. The molecule has 3 aromatic heterocycles. The maximum atomic E-state index is 14.8. The van der Waals surface area contributed by atoms with Crippen molar-refractivity contribution in [2.24, 2.45) is 4.99 Å². The Kier molecular flexibility index (Phi) is 15.7. The molecule has 0 unspecified atom stereocenters. The summed E-state index contributed by atoms with van der Waals surface area (Å²) in [6.45, 7) is 11.4. The van der Waals surface area contributed by atoms with Crippen molar-refractivity contribution < 1.29 is 32.9 Å². The fraction of sp³-hybridized carbons (Fsp3) is 0.319. The number of benzene rings is 3. The number of fused-ring (bicyclic) bond motifs is 4. The highest BCUT2D eigenvalue weighted by molar-refractivity contribution is 7.59. The Morgan fingerprint density at radius 2 is 1.62 bits per heavy atom. The second kappa shape index (κ2) is 21.5. The molecule has 5 heterocycles. The van der Waals surface area contributed by atoms with E-state index >= 15 is 0 Å². The van der Waals surface area contributed by atoms with Gasteiger partial charge in [-0.05, 0) is 99.0 Å². The predicted octanol–water partition coefficient (Wildman–Crippen LogP) is 8.49. The summed E-state index contributed by atoms with van der Waals surface area (Å²) in [7, 11) is 0. The number of thiophene rings is 1. The van der Waals surface area contributed by atoms with E-state index in [2.05, 4.69) is 45.0 Å². The minimum atomic E-state index is -0.577. The van der Waals surface area contributed by atoms with E-state index in [1.54, 1.807) is 47.9 Å². The molecule has 2 aliphatic rings. The predicted molar refractivity (Wildman–Crippen MR) is 256 cm³/mol. The number of hydrogen-bond acceptors (Lipinski definition) is 12. The first-order chi connectivity index (χ1) is 31.0. The van der Waals surface area contributed by atoms with Crippen LogP contribution in [0.2, 0.25) is 5.02 Å². The summed E-state index contributed by atoms with van der Waals surface area (Å²) >= 11 is 7.91. The molecule has 0 radical (unpaired) electrons. The van der Waals surface area contributed by atoms with Crippen molar-refractivity contribution in [2.75, 3.05) is 68.7 Å². The molecule has 0 saturated carbocycles. The van der Waals surface area contributed by atoms with Gasteiger partial charge in [-0.2, -0.15) is 13.5 Å². The Bertz CT molecular complexity index is 2690. The molecule has 0 fully saturated rings. The Balaban J connectivity index is 0.00000630. The summed E-state index contributed by atoms with van der Waals surface area (Å²) in [5.41, 5.74) is 7.75. The maximum Gasteiger partial charge on any atom is 0.228 e. The van der Waals surface area contributed by atoms with E-state index < -0.39 is 11.9 Å². The number of aromatic nitrogens is 4. The van der Waals surface area contributed by atoms with Crippen LogP contribution in [-0.4, -0.2) is 90.1 Å². The first-order valence-corrected chi connectivity index (χ1v) is 22.2. The van der Waals surface area contributed by atoms with Crippen molar-refractivity contribution in [3.8, 4) is 21.9 Å². The smallest absolute Gasteiger partial charge is 0.228 e. The third kappa shape index (κ3) is 11.2. The van der Waals surface area contributed by atoms with Gasteiger partial charge in [0.05, 0.1) is 58.2 Å². The second-order valence-corrected chi connectivity index (χ2v) is 17.0. The first-order valence-electron chi connectivity index (χ1n) is 21.0. The third-order valence-corrected chi connectivity index (χ3v) is 12.3. The average molecular weight is 942 g/mol. The molecule has 0 spiro atoms. The van der Waals surface area contributed by atoms with Gasteiger partial charge in [-0.25, -0.2) is 9.37 Å². The molecule has 14 nitrogen and oxygen atoms in total. The second-order valence-electron chi connectivity index (χ2n) is 15.4. The van der Waals surface area contributed by atoms with Crippen LogP contribution in [0.1, 0.15) is 56.8 Å². The summed E-state index contributed by atoms with van der Waals surface area (Å²) in [6.07, 6.45) is 1.95. The quantitative estimate of drug-likeness (QED) is 0.0672. The molecular weight excluding hydrogens is 891 g/mol. The highest BCUT2D eigenvalue weighted by atomic mass is 35.5. The summed E-state index contributed by atoms with van der Waals surface area (Å²) < 4.78 is 39.6. The molecule has 3 aromatic carbocycles. The molecule has 0 aliphatic carbocycles. The Morgan fingerprint density at radius 3 is 2.34 bits per heavy atom. The van der Waals surface area contributed by atoms with E-state index in [4.69, 9.17) is 35.5 Å². The molecule has 2 aliphatic heterocycles. The number of carbonyl (C=O) groups is 2. The largest absolute Gasteiger partial charge is 0.491 e. The zero-order valence-electron chi connectivity index (χ0n) is 36.4. The number of nitrogens with zero attached hydrogens (tertiary/aromatic N) is 5. The van der Waals surface area contributed by atoms with Gasteiger partial charge >= 0.3 is 0 Å². The summed E-state index contributed by atoms with van der Waals surface area (Å²) in [5, 5.41) is 19.4. The molecule has 340 valence electrons. The Morgan fingerprint density at radius 1 is 0.908 bits per heavy atom. The normalized spacial score (nSPS) is 13.8. The summed E-state index contributed by atoms with van der Waals surface area (Å²) in [5.74, 6) is 1.91. The van der Waals surface area contributed by atoms with Crippen molar-refractivity contribution in [1.29, 1.82) is 0 Å². The number of ether oxygens (including phenoxy) is 4. The number of hydrogen-bond donors (Lipinski definition) is 3. The zero-order chi connectivity index (χ0) is 44.7. The molecule has 65 heavy (non-hydrogen) atoms. The lowest BCUT2D eigenvalue weighted by Gasteiger charge is -2.13. The van der Waals surface area contributed by atoms with Crippen LogP contribution in [-0.2, 0) is 30.2 Å². The van der Waals surface area contributed by atoms with E-state index in [1.807, 2.05) is 48.7 Å². The van der Waals surface area contributed by atoms with Crippen molar-refractivity contribution in [1.82, 2.24) is 19.7 Å². The van der Waals surface area contributed by atoms with Gasteiger partial charge in [0.1, 0.15) is 40.9 Å². The number of pyridine rings is 1. The van der Waals surface area contributed by atoms with Crippen LogP contribution in [0.25, 0.3) is 16.1 Å². The van der Waals surface area contributed by atoms with E-state index in [1.165, 1.54) is 10.9 Å². The van der Waals surface area contributed by atoms with Crippen LogP contribution < -0.4 is 20.7 Å². The van der Waals surface area contributed by atoms with E-state index in [9.17, 15) is 14.0 Å². The van der Waals surface area contributed by atoms with Crippen LogP contribution >= 0.6 is 36.4 Å². The van der Waals surface area contributed by atoms with Crippen LogP contribution in [0.3, 0.4) is 0 Å². The van der Waals surface area contributed by atoms with Crippen LogP contribution in [0.15, 0.2) is 77.9 Å². The van der Waals surface area contributed by atoms with Gasteiger partial charge in [0.25, 0.3) is 0 Å². The van der Waals surface area contributed by atoms with Crippen molar-refractivity contribution in [2.45, 2.75) is 46.6 Å². The summed E-state index contributed by atoms with van der Waals surface area (Å²) in [4.78, 5) is 36.0. The average Bonchev–Trinajstić information content (AvgIpc) is 3.90. The minimum absolute atomic E-state index is 0. The van der Waals surface area contributed by atoms with Crippen LogP contribution in [0.4, 0.5) is 21.6 Å². The van der Waals surface area contributed by atoms with Gasteiger partial charge in [-0.1, -0.05) is 23.7 Å². The molecule has 1 atom stereocenters. The monoisotopic (exact) mass is 940 g/mol. The van der Waals surface area contributed by atoms with Gasteiger partial charge < -0.3 is 34.9 Å². The number of aliphatic imine (C=N–C) groups is 1. The topological polar surface area (TPSA) is 163 Å². The van der Waals surface area contributed by atoms with Crippen LogP contribution in [0, 0.1) is 33.5 Å². The number of nitrogens with one attached hydrogen (secondary N) is 3. The Hall–Kier alpha value is -5.69. The van der Waals surface area contributed by atoms with Gasteiger partial charge in [0.2, 0.25) is 11.8 Å². The van der Waals surface area contributed by atoms with Crippen molar-refractivity contribution in [3.05, 3.63) is 128 Å². The summed E-state index contributed by atoms with van der Waals surface area (Å²) in [6, 6.07) is 19.2. The van der Waals surface area contributed by atoms with E-state index in [0.717, 1.165) is 44.4 Å². The molecule has 18 heteroatoms. The fourth-order valence-electron chi connectivity index (χ4n) is 7.56. The molecule has 8 rings (SSSR count). The molecule has 6 aromatic rings. The lowest BCUT2D eigenvalue weighted by Crippen LogP contribution is -2.17. The fourth-order valence-corrected chi connectivity index (χ4v) is 8.90. The Labute approximate surface area is 392 Å². The number of amides is 2. The number of anilines is 3. The molecule has 0 bridgehead atoms. The molecular formula is C47H50ClFN8O6S2.